The van der Waals surface area contributed by atoms with Gasteiger partial charge in [-0.25, -0.2) is 4.79 Å². The van der Waals surface area contributed by atoms with Crippen LogP contribution in [0.4, 0.5) is 4.79 Å². The molecule has 2 rings (SSSR count). The molecule has 0 aromatic heterocycles. The number of halogens is 1. The van der Waals surface area contributed by atoms with E-state index in [9.17, 15) is 4.79 Å². The summed E-state index contributed by atoms with van der Waals surface area (Å²) in [5, 5.41) is 3.60. The minimum atomic E-state index is -0.420. The minimum absolute atomic E-state index is 0.189. The Morgan fingerprint density at radius 1 is 1.26 bits per heavy atom. The Kier molecular flexibility index (Phi) is 6.48. The van der Waals surface area contributed by atoms with Gasteiger partial charge in [-0.2, -0.15) is 0 Å². The van der Waals surface area contributed by atoms with Crippen molar-refractivity contribution < 1.29 is 9.53 Å². The van der Waals surface area contributed by atoms with Crippen molar-refractivity contribution in [1.82, 2.24) is 10.2 Å². The van der Waals surface area contributed by atoms with Gasteiger partial charge in [-0.15, -0.1) is 0 Å². The normalized spacial score (nSPS) is 16.4. The number of piperidine rings is 1. The summed E-state index contributed by atoms with van der Waals surface area (Å²) in [5.41, 5.74) is 0.920. The molecule has 0 radical (unpaired) electrons. The Morgan fingerprint density at radius 3 is 2.43 bits per heavy atom. The van der Waals surface area contributed by atoms with Crippen molar-refractivity contribution in [2.75, 3.05) is 19.6 Å². The molecule has 0 saturated carbocycles. The number of likely N-dealkylation sites (tertiary alicyclic amines) is 1. The molecule has 1 aromatic rings. The molecule has 23 heavy (non-hydrogen) atoms. The van der Waals surface area contributed by atoms with Gasteiger partial charge in [0.05, 0.1) is 0 Å². The molecule has 1 N–H and O–H groups in total. The summed E-state index contributed by atoms with van der Waals surface area (Å²) < 4.78 is 6.54. The van der Waals surface area contributed by atoms with E-state index < -0.39 is 5.60 Å². The first-order valence-corrected chi connectivity index (χ1v) is 9.08. The fourth-order valence-corrected chi connectivity index (χ4v) is 2.93. The molecule has 0 spiro atoms. The Balaban J connectivity index is 1.66. The van der Waals surface area contributed by atoms with Gasteiger partial charge in [0.2, 0.25) is 0 Å². The summed E-state index contributed by atoms with van der Waals surface area (Å²) in [6, 6.07) is 8.95. The first kappa shape index (κ1) is 18.3. The quantitative estimate of drug-likeness (QED) is 0.855. The van der Waals surface area contributed by atoms with Crippen LogP contribution in [-0.2, 0) is 11.2 Å². The molecule has 5 heteroatoms. The highest BCUT2D eigenvalue weighted by Crippen LogP contribution is 2.16. The molecule has 1 aromatic carbocycles. The molecule has 1 fully saturated rings. The molecule has 0 atom stereocenters. The van der Waals surface area contributed by atoms with E-state index in [-0.39, 0.29) is 6.09 Å². The first-order valence-electron chi connectivity index (χ1n) is 8.29. The Hall–Kier alpha value is -1.07. The molecule has 1 saturated heterocycles. The van der Waals surface area contributed by atoms with Crippen molar-refractivity contribution in [2.24, 2.45) is 0 Å². The predicted molar refractivity (Wildman–Crippen MR) is 96.7 cm³/mol. The van der Waals surface area contributed by atoms with Gasteiger partial charge < -0.3 is 15.0 Å². The molecule has 1 aliphatic rings. The number of ether oxygens (including phenoxy) is 1. The average molecular weight is 383 g/mol. The second kappa shape index (κ2) is 8.15. The molecule has 1 heterocycles. The summed E-state index contributed by atoms with van der Waals surface area (Å²) in [7, 11) is 0. The van der Waals surface area contributed by atoms with Crippen molar-refractivity contribution in [1.29, 1.82) is 0 Å². The largest absolute Gasteiger partial charge is 0.444 e. The molecule has 1 amide bonds. The van der Waals surface area contributed by atoms with Gasteiger partial charge in [-0.1, -0.05) is 28.1 Å². The second-order valence-electron chi connectivity index (χ2n) is 7.07. The number of rotatable bonds is 4. The second-order valence-corrected chi connectivity index (χ2v) is 7.99. The van der Waals surface area contributed by atoms with Crippen LogP contribution in [-0.4, -0.2) is 42.3 Å². The summed E-state index contributed by atoms with van der Waals surface area (Å²) in [6.07, 6.45) is 2.81. The Labute approximate surface area is 147 Å². The van der Waals surface area contributed by atoms with E-state index in [1.165, 1.54) is 5.56 Å². The predicted octanol–water partition coefficient (Wildman–Crippen LogP) is 3.98. The number of nitrogens with one attached hydrogen (secondary N) is 1. The standard InChI is InChI=1S/C18H27BrN2O2/c1-18(2,3)23-17(22)21-12-9-16(10-13-21)20-11-8-14-4-6-15(19)7-5-14/h4-7,16,20H,8-13H2,1-3H3. The van der Waals surface area contributed by atoms with Crippen molar-refractivity contribution in [3.05, 3.63) is 34.3 Å². The van der Waals surface area contributed by atoms with E-state index >= 15 is 0 Å². The Morgan fingerprint density at radius 2 is 1.87 bits per heavy atom. The first-order chi connectivity index (χ1) is 10.8. The molecular weight excluding hydrogens is 356 g/mol. The van der Waals surface area contributed by atoms with E-state index in [0.29, 0.717) is 6.04 Å². The number of carbonyl (C=O) groups excluding carboxylic acids is 1. The van der Waals surface area contributed by atoms with Gasteiger partial charge in [0, 0.05) is 23.6 Å². The molecule has 0 aliphatic carbocycles. The fraction of sp³-hybridized carbons (Fsp3) is 0.611. The van der Waals surface area contributed by atoms with Gasteiger partial charge >= 0.3 is 6.09 Å². The summed E-state index contributed by atoms with van der Waals surface area (Å²) >= 11 is 3.45. The van der Waals surface area contributed by atoms with Crippen LogP contribution >= 0.6 is 15.9 Å². The van der Waals surface area contributed by atoms with Crippen LogP contribution in [0.3, 0.4) is 0 Å². The smallest absolute Gasteiger partial charge is 0.410 e. The molecule has 0 unspecified atom stereocenters. The number of nitrogens with zero attached hydrogens (tertiary/aromatic N) is 1. The minimum Gasteiger partial charge on any atom is -0.444 e. The van der Waals surface area contributed by atoms with Crippen molar-refractivity contribution in [3.8, 4) is 0 Å². The van der Waals surface area contributed by atoms with Crippen LogP contribution in [0.1, 0.15) is 39.2 Å². The van der Waals surface area contributed by atoms with Gasteiger partial charge in [0.1, 0.15) is 5.60 Å². The van der Waals surface area contributed by atoms with Crippen molar-refractivity contribution in [2.45, 2.75) is 51.7 Å². The van der Waals surface area contributed by atoms with E-state index in [4.69, 9.17) is 4.74 Å². The zero-order valence-electron chi connectivity index (χ0n) is 14.3. The molecule has 128 valence electrons. The van der Waals surface area contributed by atoms with E-state index in [2.05, 4.69) is 45.5 Å². The fourth-order valence-electron chi connectivity index (χ4n) is 2.66. The lowest BCUT2D eigenvalue weighted by atomic mass is 10.0. The topological polar surface area (TPSA) is 41.6 Å². The lowest BCUT2D eigenvalue weighted by Crippen LogP contribution is -2.46. The third kappa shape index (κ3) is 6.51. The SMILES string of the molecule is CC(C)(C)OC(=O)N1CCC(NCCc2ccc(Br)cc2)CC1. The van der Waals surface area contributed by atoms with Crippen LogP contribution in [0.2, 0.25) is 0 Å². The van der Waals surface area contributed by atoms with Crippen LogP contribution in [0.15, 0.2) is 28.7 Å². The summed E-state index contributed by atoms with van der Waals surface area (Å²) in [5.74, 6) is 0. The summed E-state index contributed by atoms with van der Waals surface area (Å²) in [4.78, 5) is 13.8. The van der Waals surface area contributed by atoms with Gasteiger partial charge in [0.25, 0.3) is 0 Å². The van der Waals surface area contributed by atoms with Gasteiger partial charge in [-0.3, -0.25) is 0 Å². The monoisotopic (exact) mass is 382 g/mol. The number of carbonyl (C=O) groups is 1. The average Bonchev–Trinajstić information content (AvgIpc) is 2.48. The maximum Gasteiger partial charge on any atom is 0.410 e. The highest BCUT2D eigenvalue weighted by molar-refractivity contribution is 9.10. The van der Waals surface area contributed by atoms with Crippen molar-refractivity contribution in [3.63, 3.8) is 0 Å². The third-order valence-electron chi connectivity index (χ3n) is 3.91. The molecular formula is C18H27BrN2O2. The van der Waals surface area contributed by atoms with Crippen LogP contribution in [0.25, 0.3) is 0 Å². The number of benzene rings is 1. The third-order valence-corrected chi connectivity index (χ3v) is 4.44. The van der Waals surface area contributed by atoms with Crippen LogP contribution in [0, 0.1) is 0 Å². The zero-order valence-corrected chi connectivity index (χ0v) is 15.9. The highest BCUT2D eigenvalue weighted by atomic mass is 79.9. The van der Waals surface area contributed by atoms with Crippen LogP contribution in [0.5, 0.6) is 0 Å². The number of hydrogen-bond donors (Lipinski definition) is 1. The Bertz CT molecular complexity index is 503. The van der Waals surface area contributed by atoms with Gasteiger partial charge in [0.15, 0.2) is 0 Å². The lowest BCUT2D eigenvalue weighted by molar-refractivity contribution is 0.0198. The van der Waals surface area contributed by atoms with Gasteiger partial charge in [-0.05, 0) is 64.3 Å². The van der Waals surface area contributed by atoms with Crippen molar-refractivity contribution >= 4 is 22.0 Å². The number of amides is 1. The molecule has 0 bridgehead atoms. The summed E-state index contributed by atoms with van der Waals surface area (Å²) in [6.45, 7) is 8.22. The number of hydrogen-bond acceptors (Lipinski definition) is 3. The maximum absolute atomic E-state index is 12.0. The molecule has 4 nitrogen and oxygen atoms in total. The van der Waals surface area contributed by atoms with E-state index in [1.807, 2.05) is 25.7 Å². The van der Waals surface area contributed by atoms with Crippen LogP contribution < -0.4 is 5.32 Å². The van der Waals surface area contributed by atoms with E-state index in [1.54, 1.807) is 0 Å². The zero-order chi connectivity index (χ0) is 16.9. The van der Waals surface area contributed by atoms with E-state index in [0.717, 1.165) is 43.4 Å². The highest BCUT2D eigenvalue weighted by Gasteiger charge is 2.26. The molecule has 1 aliphatic heterocycles. The maximum atomic E-state index is 12.0. The lowest BCUT2D eigenvalue weighted by Gasteiger charge is -2.33.